The van der Waals surface area contributed by atoms with Gasteiger partial charge in [-0.05, 0) is 54.3 Å². The zero-order chi connectivity index (χ0) is 29.3. The Bertz CT molecular complexity index is 1230. The monoisotopic (exact) mass is 571 g/mol. The number of aryl methyl sites for hydroxylation is 2. The van der Waals surface area contributed by atoms with Crippen molar-refractivity contribution in [1.82, 2.24) is 15.6 Å². The Morgan fingerprint density at radius 3 is 2.38 bits per heavy atom. The van der Waals surface area contributed by atoms with E-state index in [1.807, 2.05) is 44.2 Å². The molecule has 0 radical (unpaired) electrons. The molecule has 4 aromatic rings. The number of hydrogen-bond donors (Lipinski definition) is 3. The van der Waals surface area contributed by atoms with Gasteiger partial charge in [-0.1, -0.05) is 68.9 Å². The number of carbonyl (C=O) groups excluding carboxylic acids is 1. The zero-order valence-electron chi connectivity index (χ0n) is 23.5. The molecule has 0 spiro atoms. The summed E-state index contributed by atoms with van der Waals surface area (Å²) >= 11 is 1.41. The number of fused-ring (bicyclic) bond motifs is 1. The second kappa shape index (κ2) is 18.1. The maximum absolute atomic E-state index is 12.2. The van der Waals surface area contributed by atoms with Crippen molar-refractivity contribution in [3.63, 3.8) is 0 Å². The highest BCUT2D eigenvalue weighted by Gasteiger charge is 2.10. The van der Waals surface area contributed by atoms with Crippen LogP contribution in [0.25, 0.3) is 11.1 Å². The molecule has 0 aliphatic rings. The number of oxazole rings is 1. The molecule has 0 aliphatic carbocycles. The predicted octanol–water partition coefficient (Wildman–Crippen LogP) is 6.44. The van der Waals surface area contributed by atoms with Crippen LogP contribution >= 0.6 is 11.8 Å². The van der Waals surface area contributed by atoms with Crippen molar-refractivity contribution in [2.45, 2.75) is 58.4 Å². The van der Waals surface area contributed by atoms with Gasteiger partial charge in [0.2, 0.25) is 5.91 Å². The third-order valence-corrected chi connectivity index (χ3v) is 6.31. The minimum Gasteiger partial charge on any atom is -0.431 e. The molecule has 1 atom stereocenters. The van der Waals surface area contributed by atoms with Crippen LogP contribution in [0.2, 0.25) is 0 Å². The molecule has 1 unspecified atom stereocenters. The Morgan fingerprint density at radius 1 is 1.00 bits per heavy atom. The molecular weight excluding hydrogens is 532 g/mol. The Balaban J connectivity index is 0.000000428. The van der Waals surface area contributed by atoms with Crippen molar-refractivity contribution >= 4 is 28.8 Å². The first-order valence-corrected chi connectivity index (χ1v) is 14.4. The highest BCUT2D eigenvalue weighted by Crippen LogP contribution is 2.23. The number of rotatable bonds is 11. The minimum absolute atomic E-state index is 0.0942. The van der Waals surface area contributed by atoms with Gasteiger partial charge < -0.3 is 20.2 Å². The second-order valence-corrected chi connectivity index (χ2v) is 9.80. The van der Waals surface area contributed by atoms with E-state index in [1.165, 1.54) is 35.0 Å². The van der Waals surface area contributed by atoms with Gasteiger partial charge in [-0.3, -0.25) is 4.79 Å². The van der Waals surface area contributed by atoms with Gasteiger partial charge in [-0.25, -0.2) is 13.8 Å². The lowest BCUT2D eigenvalue weighted by molar-refractivity contribution is -0.121. The van der Waals surface area contributed by atoms with Crippen LogP contribution in [0.15, 0.2) is 76.4 Å². The highest BCUT2D eigenvalue weighted by molar-refractivity contribution is 7.99. The lowest BCUT2D eigenvalue weighted by Gasteiger charge is -2.13. The van der Waals surface area contributed by atoms with Gasteiger partial charge in [0.15, 0.2) is 5.58 Å². The van der Waals surface area contributed by atoms with Crippen LogP contribution in [0, 0.1) is 18.6 Å². The number of halogens is 2. The number of carbonyl (C=O) groups is 1. The van der Waals surface area contributed by atoms with Crippen molar-refractivity contribution < 1.29 is 23.1 Å². The maximum Gasteiger partial charge on any atom is 0.256 e. The number of hydrogen-bond acceptors (Lipinski definition) is 6. The molecule has 40 heavy (non-hydrogen) atoms. The van der Waals surface area contributed by atoms with E-state index in [0.29, 0.717) is 36.0 Å². The number of aromatic nitrogens is 1. The number of amides is 1. The third kappa shape index (κ3) is 12.3. The summed E-state index contributed by atoms with van der Waals surface area (Å²) in [5, 5.41) is 16.6. The summed E-state index contributed by atoms with van der Waals surface area (Å²) in [6.45, 7) is 9.12. The van der Waals surface area contributed by atoms with Crippen molar-refractivity contribution in [1.29, 1.82) is 0 Å². The van der Waals surface area contributed by atoms with Crippen LogP contribution in [0.5, 0.6) is 0 Å². The normalized spacial score (nSPS) is 11.2. The van der Waals surface area contributed by atoms with Crippen molar-refractivity contribution in [2.75, 3.05) is 18.8 Å². The molecule has 1 heterocycles. The molecule has 3 aromatic carbocycles. The number of nitrogens with zero attached hydrogens (tertiary/aromatic N) is 1. The van der Waals surface area contributed by atoms with E-state index < -0.39 is 17.7 Å². The molecule has 1 aromatic heterocycles. The Labute approximate surface area is 239 Å². The van der Waals surface area contributed by atoms with Gasteiger partial charge in [0, 0.05) is 37.9 Å². The fraction of sp³-hybridized carbons (Fsp3) is 0.355. The van der Waals surface area contributed by atoms with E-state index in [-0.39, 0.29) is 12.5 Å². The van der Waals surface area contributed by atoms with E-state index in [1.54, 1.807) is 6.92 Å². The molecule has 216 valence electrons. The molecule has 0 saturated carbocycles. The van der Waals surface area contributed by atoms with E-state index in [4.69, 9.17) is 4.42 Å². The minimum atomic E-state index is -0.627. The topological polar surface area (TPSA) is 87.4 Å². The molecule has 0 saturated heterocycles. The fourth-order valence-corrected chi connectivity index (χ4v) is 4.34. The lowest BCUT2D eigenvalue weighted by Crippen LogP contribution is -2.38. The summed E-state index contributed by atoms with van der Waals surface area (Å²) in [6, 6.07) is 19.4. The molecule has 1 amide bonds. The van der Waals surface area contributed by atoms with E-state index in [0.717, 1.165) is 23.6 Å². The van der Waals surface area contributed by atoms with E-state index in [2.05, 4.69) is 40.7 Å². The molecule has 0 bridgehead atoms. The quantitative estimate of drug-likeness (QED) is 0.180. The van der Waals surface area contributed by atoms with Gasteiger partial charge in [0.1, 0.15) is 17.2 Å². The molecule has 4 rings (SSSR count). The number of nitrogens with one attached hydrogen (secondary N) is 2. The summed E-state index contributed by atoms with van der Waals surface area (Å²) in [5.74, 6) is -0.566. The summed E-state index contributed by atoms with van der Waals surface area (Å²) in [6.07, 6.45) is 0.721. The predicted molar refractivity (Wildman–Crippen MR) is 158 cm³/mol. The first kappa shape index (κ1) is 32.9. The van der Waals surface area contributed by atoms with Crippen LogP contribution in [0.1, 0.15) is 43.9 Å². The molecule has 3 N–H and O–H groups in total. The van der Waals surface area contributed by atoms with Crippen molar-refractivity contribution in [3.8, 4) is 0 Å². The number of aliphatic hydroxyl groups excluding tert-OH is 1. The average molecular weight is 572 g/mol. The number of benzene rings is 3. The van der Waals surface area contributed by atoms with Crippen LogP contribution < -0.4 is 10.6 Å². The van der Waals surface area contributed by atoms with E-state index in [9.17, 15) is 18.7 Å². The van der Waals surface area contributed by atoms with Gasteiger partial charge in [-0.2, -0.15) is 0 Å². The number of aliphatic hydroxyl groups is 1. The van der Waals surface area contributed by atoms with Gasteiger partial charge >= 0.3 is 0 Å². The third-order valence-electron chi connectivity index (χ3n) is 5.48. The first-order chi connectivity index (χ1) is 19.3. The van der Waals surface area contributed by atoms with Crippen LogP contribution in [-0.2, 0) is 17.8 Å². The summed E-state index contributed by atoms with van der Waals surface area (Å²) in [5.41, 5.74) is 4.66. The highest BCUT2D eigenvalue weighted by atomic mass is 32.2. The van der Waals surface area contributed by atoms with Crippen LogP contribution in [-0.4, -0.2) is 40.9 Å². The Kier molecular flexibility index (Phi) is 14.9. The van der Waals surface area contributed by atoms with Crippen molar-refractivity contribution in [3.05, 3.63) is 95.1 Å². The standard InChI is InChI=1S/C22H27N3O3S.C7H6F2.C2H6/c1-2-16-6-5-7-17(12-16)13-23-14-18(26)15-24-21(27)10-11-29-22-25-19-8-3-4-9-20(19)28-22;1-5-2-6(8)4-7(9)3-5;1-2/h3-9,12,18,23,26H,2,10-11,13-15H2,1H3,(H,24,27);2-4H,1H3;1-2H3. The van der Waals surface area contributed by atoms with E-state index >= 15 is 0 Å². The largest absolute Gasteiger partial charge is 0.431 e. The summed E-state index contributed by atoms with van der Waals surface area (Å²) in [7, 11) is 0. The number of thioether (sulfide) groups is 1. The van der Waals surface area contributed by atoms with Gasteiger partial charge in [-0.15, -0.1) is 0 Å². The molecule has 0 fully saturated rings. The molecule has 0 aliphatic heterocycles. The number of para-hydroxylation sites is 2. The smallest absolute Gasteiger partial charge is 0.256 e. The molecular formula is C31H39F2N3O3S. The Hall–Kier alpha value is -3.27. The molecule has 9 heteroatoms. The Morgan fingerprint density at radius 2 is 1.70 bits per heavy atom. The SMILES string of the molecule is CC.CCc1cccc(CNCC(O)CNC(=O)CCSc2nc3ccccc3o2)c1.Cc1cc(F)cc(F)c1. The summed E-state index contributed by atoms with van der Waals surface area (Å²) in [4.78, 5) is 16.3. The maximum atomic E-state index is 12.2. The second-order valence-electron chi connectivity index (χ2n) is 8.76. The zero-order valence-corrected chi connectivity index (χ0v) is 24.4. The van der Waals surface area contributed by atoms with Gasteiger partial charge in [0.05, 0.1) is 6.10 Å². The molecule has 6 nitrogen and oxygen atoms in total. The van der Waals surface area contributed by atoms with Crippen LogP contribution in [0.4, 0.5) is 8.78 Å². The van der Waals surface area contributed by atoms with Crippen LogP contribution in [0.3, 0.4) is 0 Å². The van der Waals surface area contributed by atoms with Gasteiger partial charge in [0.25, 0.3) is 5.22 Å². The van der Waals surface area contributed by atoms with Crippen molar-refractivity contribution in [2.24, 2.45) is 0 Å². The summed E-state index contributed by atoms with van der Waals surface area (Å²) < 4.78 is 30.0. The average Bonchev–Trinajstić information content (AvgIpc) is 3.36. The lowest BCUT2D eigenvalue weighted by atomic mass is 10.1. The fourth-order valence-electron chi connectivity index (χ4n) is 3.57. The first-order valence-electron chi connectivity index (χ1n) is 13.5.